The molecule has 2 saturated heterocycles. The summed E-state index contributed by atoms with van der Waals surface area (Å²) in [5.41, 5.74) is 4.75. The van der Waals surface area contributed by atoms with Gasteiger partial charge in [0.15, 0.2) is 0 Å². The Labute approximate surface area is 146 Å². The fourth-order valence-electron chi connectivity index (χ4n) is 3.99. The van der Waals surface area contributed by atoms with Crippen molar-refractivity contribution in [3.05, 3.63) is 36.9 Å². The summed E-state index contributed by atoms with van der Waals surface area (Å²) in [6.45, 7) is 2.17. The predicted octanol–water partition coefficient (Wildman–Crippen LogP) is 2.10. The van der Waals surface area contributed by atoms with Crippen LogP contribution in [0.5, 0.6) is 0 Å². The number of hydrogen-bond donors (Lipinski definition) is 1. The second-order valence-corrected chi connectivity index (χ2v) is 6.72. The van der Waals surface area contributed by atoms with Gasteiger partial charge in [-0.05, 0) is 25.0 Å². The summed E-state index contributed by atoms with van der Waals surface area (Å²) in [7, 11) is 1.94. The zero-order chi connectivity index (χ0) is 15.4. The van der Waals surface area contributed by atoms with Crippen molar-refractivity contribution < 1.29 is 0 Å². The molecule has 2 aliphatic heterocycles. The van der Waals surface area contributed by atoms with Crippen molar-refractivity contribution in [1.29, 1.82) is 0 Å². The van der Waals surface area contributed by atoms with Gasteiger partial charge < -0.3 is 10.2 Å². The summed E-state index contributed by atoms with van der Waals surface area (Å²) >= 11 is 0. The van der Waals surface area contributed by atoms with E-state index in [1.807, 2.05) is 34.8 Å². The molecule has 0 saturated carbocycles. The summed E-state index contributed by atoms with van der Waals surface area (Å²) in [6.07, 6.45) is 10.5. The molecule has 1 N–H and O–H groups in total. The third-order valence-corrected chi connectivity index (χ3v) is 5.08. The molecule has 7 heteroatoms. The first-order valence-corrected chi connectivity index (χ1v) is 8.24. The highest BCUT2D eigenvalue weighted by atomic mass is 35.5. The Hall–Kier alpha value is -2.05. The van der Waals surface area contributed by atoms with E-state index in [4.69, 9.17) is 0 Å². The topological polar surface area (TPSA) is 50.4 Å². The first-order chi connectivity index (χ1) is 11.3. The van der Waals surface area contributed by atoms with E-state index in [1.165, 1.54) is 24.0 Å². The molecule has 0 amide bonds. The van der Waals surface area contributed by atoms with Crippen LogP contribution in [-0.2, 0) is 7.05 Å². The molecule has 0 spiro atoms. The lowest BCUT2D eigenvalue weighted by atomic mass is 10.2. The molecule has 2 aliphatic rings. The maximum Gasteiger partial charge on any atom is 0.0886 e. The van der Waals surface area contributed by atoms with E-state index in [0.717, 1.165) is 24.2 Å². The third-order valence-electron chi connectivity index (χ3n) is 5.08. The van der Waals surface area contributed by atoms with Gasteiger partial charge in [0.2, 0.25) is 0 Å². The molecule has 3 aromatic rings. The van der Waals surface area contributed by atoms with Gasteiger partial charge in [-0.25, -0.2) is 4.52 Å². The van der Waals surface area contributed by atoms with Gasteiger partial charge in [-0.1, -0.05) is 0 Å². The van der Waals surface area contributed by atoms with Gasteiger partial charge >= 0.3 is 0 Å². The summed E-state index contributed by atoms with van der Waals surface area (Å²) in [4.78, 5) is 2.52. The van der Waals surface area contributed by atoms with Crippen molar-refractivity contribution in [3.63, 3.8) is 0 Å². The summed E-state index contributed by atoms with van der Waals surface area (Å²) in [5.74, 6) is 0. The van der Waals surface area contributed by atoms with Crippen LogP contribution in [0.3, 0.4) is 0 Å². The number of piperazine rings is 1. The van der Waals surface area contributed by atoms with Gasteiger partial charge in [-0.15, -0.1) is 12.4 Å². The van der Waals surface area contributed by atoms with E-state index in [9.17, 15) is 0 Å². The minimum atomic E-state index is 0. The number of aryl methyl sites for hydroxylation is 1. The fourth-order valence-corrected chi connectivity index (χ4v) is 3.99. The molecular formula is C17H21ClN6. The third kappa shape index (κ3) is 2.46. The first-order valence-electron chi connectivity index (χ1n) is 8.24. The standard InChI is InChI=1S/C17H20N6.ClH/c1-21-8-13(7-19-21)12-6-17-16(4-5-18-23(17)9-12)22-10-14-2-3-15(11-22)20-14;/h4-9,14-15,20H,2-3,10-11H2,1H3;1H. The van der Waals surface area contributed by atoms with Crippen LogP contribution in [0.1, 0.15) is 12.8 Å². The summed E-state index contributed by atoms with van der Waals surface area (Å²) in [6, 6.07) is 5.64. The van der Waals surface area contributed by atoms with Crippen molar-refractivity contribution in [1.82, 2.24) is 24.7 Å². The second-order valence-electron chi connectivity index (χ2n) is 6.72. The predicted molar refractivity (Wildman–Crippen MR) is 96.8 cm³/mol. The largest absolute Gasteiger partial charge is 0.367 e. The highest BCUT2D eigenvalue weighted by Crippen LogP contribution is 2.31. The fraction of sp³-hybridized carbons (Fsp3) is 0.412. The SMILES string of the molecule is Cl.Cn1cc(-c2cc3c(N4CC5CCC(C4)N5)ccnn3c2)cn1. The van der Waals surface area contributed by atoms with Crippen LogP contribution in [-0.4, -0.2) is 44.6 Å². The Bertz CT molecular complexity index is 857. The Kier molecular flexibility index (Phi) is 3.73. The molecule has 0 radical (unpaired) electrons. The van der Waals surface area contributed by atoms with Crippen LogP contribution in [0.25, 0.3) is 16.6 Å². The Morgan fingerprint density at radius 3 is 2.58 bits per heavy atom. The van der Waals surface area contributed by atoms with Crippen LogP contribution < -0.4 is 10.2 Å². The first kappa shape index (κ1) is 15.5. The van der Waals surface area contributed by atoms with Crippen LogP contribution >= 0.6 is 12.4 Å². The highest BCUT2D eigenvalue weighted by molar-refractivity contribution is 5.85. The van der Waals surface area contributed by atoms with Gasteiger partial charge in [0.25, 0.3) is 0 Å². The molecule has 0 aromatic carbocycles. The van der Waals surface area contributed by atoms with Crippen molar-refractivity contribution in [2.45, 2.75) is 24.9 Å². The van der Waals surface area contributed by atoms with E-state index in [2.05, 4.69) is 38.7 Å². The van der Waals surface area contributed by atoms with E-state index in [-0.39, 0.29) is 12.4 Å². The monoisotopic (exact) mass is 344 g/mol. The number of aromatic nitrogens is 4. The molecule has 3 aromatic heterocycles. The minimum absolute atomic E-state index is 0. The van der Waals surface area contributed by atoms with Crippen molar-refractivity contribution in [2.24, 2.45) is 7.05 Å². The maximum absolute atomic E-state index is 4.49. The van der Waals surface area contributed by atoms with Gasteiger partial charge in [0, 0.05) is 61.9 Å². The number of nitrogens with zero attached hydrogens (tertiary/aromatic N) is 5. The molecule has 126 valence electrons. The van der Waals surface area contributed by atoms with Crippen LogP contribution in [0.15, 0.2) is 36.9 Å². The average Bonchev–Trinajstić information content (AvgIpc) is 3.25. The van der Waals surface area contributed by atoms with Gasteiger partial charge in [-0.3, -0.25) is 4.68 Å². The number of rotatable bonds is 2. The Morgan fingerprint density at radius 2 is 1.88 bits per heavy atom. The molecule has 2 bridgehead atoms. The number of nitrogens with one attached hydrogen (secondary N) is 1. The average molecular weight is 345 g/mol. The Balaban J connectivity index is 0.00000146. The smallest absolute Gasteiger partial charge is 0.0886 e. The number of fused-ring (bicyclic) bond motifs is 3. The minimum Gasteiger partial charge on any atom is -0.367 e. The molecule has 6 nitrogen and oxygen atoms in total. The summed E-state index contributed by atoms with van der Waals surface area (Å²) < 4.78 is 3.82. The number of halogens is 1. The lowest BCUT2D eigenvalue weighted by molar-refractivity contribution is 0.466. The molecule has 2 unspecified atom stereocenters. The van der Waals surface area contributed by atoms with Crippen LogP contribution in [0, 0.1) is 0 Å². The van der Waals surface area contributed by atoms with Gasteiger partial charge in [-0.2, -0.15) is 10.2 Å². The van der Waals surface area contributed by atoms with E-state index < -0.39 is 0 Å². The highest BCUT2D eigenvalue weighted by Gasteiger charge is 2.32. The van der Waals surface area contributed by atoms with E-state index in [1.54, 1.807) is 0 Å². The zero-order valence-electron chi connectivity index (χ0n) is 13.6. The molecule has 5 rings (SSSR count). The molecule has 0 aliphatic carbocycles. The number of hydrogen-bond acceptors (Lipinski definition) is 4. The lowest BCUT2D eigenvalue weighted by Gasteiger charge is -2.34. The van der Waals surface area contributed by atoms with Crippen molar-refractivity contribution in [3.8, 4) is 11.1 Å². The van der Waals surface area contributed by atoms with E-state index >= 15 is 0 Å². The molecule has 5 heterocycles. The molecule has 2 fully saturated rings. The quantitative estimate of drug-likeness (QED) is 0.773. The van der Waals surface area contributed by atoms with Crippen LogP contribution in [0.2, 0.25) is 0 Å². The van der Waals surface area contributed by atoms with Crippen molar-refractivity contribution in [2.75, 3.05) is 18.0 Å². The normalized spacial score (nSPS) is 22.8. The van der Waals surface area contributed by atoms with Crippen LogP contribution in [0.4, 0.5) is 5.69 Å². The van der Waals surface area contributed by atoms with Gasteiger partial charge in [0.1, 0.15) is 0 Å². The number of anilines is 1. The van der Waals surface area contributed by atoms with E-state index in [0.29, 0.717) is 12.1 Å². The Morgan fingerprint density at radius 1 is 1.08 bits per heavy atom. The molecule has 24 heavy (non-hydrogen) atoms. The molecule has 2 atom stereocenters. The summed E-state index contributed by atoms with van der Waals surface area (Å²) in [5, 5.41) is 12.5. The van der Waals surface area contributed by atoms with Crippen molar-refractivity contribution >= 4 is 23.6 Å². The zero-order valence-corrected chi connectivity index (χ0v) is 14.4. The second kappa shape index (κ2) is 5.79. The molecular weight excluding hydrogens is 324 g/mol. The maximum atomic E-state index is 4.49. The lowest BCUT2D eigenvalue weighted by Crippen LogP contribution is -2.51. The van der Waals surface area contributed by atoms with Gasteiger partial charge in [0.05, 0.1) is 17.4 Å².